The fraction of sp³-hybridized carbons (Fsp3) is 0.571. The van der Waals surface area contributed by atoms with Crippen LogP contribution in [0.5, 0.6) is 0 Å². The Hall–Kier alpha value is -0.163. The van der Waals surface area contributed by atoms with Crippen molar-refractivity contribution in [1.82, 2.24) is 0 Å². The van der Waals surface area contributed by atoms with Gasteiger partial charge in [-0.05, 0) is 36.2 Å². The molecule has 2 nitrogen and oxygen atoms in total. The predicted molar refractivity (Wildman–Crippen MR) is 82.5 cm³/mol. The monoisotopic (exact) mass is 330 g/mol. The fourth-order valence-electron chi connectivity index (χ4n) is 1.85. The van der Waals surface area contributed by atoms with Crippen LogP contribution in [0.2, 0.25) is 6.04 Å². The van der Waals surface area contributed by atoms with Gasteiger partial charge in [-0.3, -0.25) is 0 Å². The average molecular weight is 331 g/mol. The molecule has 1 aromatic carbocycles. The molecule has 0 spiro atoms. The highest BCUT2D eigenvalue weighted by molar-refractivity contribution is 9.10. The Morgan fingerprint density at radius 1 is 0.944 bits per heavy atom. The van der Waals surface area contributed by atoms with Crippen molar-refractivity contribution in [2.45, 2.75) is 39.7 Å². The molecule has 0 aliphatic carbocycles. The lowest BCUT2D eigenvalue weighted by Crippen LogP contribution is -2.53. The molecule has 0 aromatic heterocycles. The molecule has 0 atom stereocenters. The highest BCUT2D eigenvalue weighted by Crippen LogP contribution is 2.17. The van der Waals surface area contributed by atoms with Crippen molar-refractivity contribution in [2.75, 3.05) is 13.2 Å². The molecular formula is C14H23BrO2Si. The smallest absolute Gasteiger partial charge is 0.372 e. The second kappa shape index (κ2) is 8.10. The molecule has 0 unspecified atom stereocenters. The lowest BCUT2D eigenvalue weighted by molar-refractivity contribution is 0.180. The van der Waals surface area contributed by atoms with Gasteiger partial charge in [0.15, 0.2) is 0 Å². The van der Waals surface area contributed by atoms with Crippen LogP contribution in [0.1, 0.15) is 33.6 Å². The molecule has 4 heteroatoms. The molecular weight excluding hydrogens is 308 g/mol. The van der Waals surface area contributed by atoms with Crippen LogP contribution in [0.25, 0.3) is 0 Å². The Bertz CT molecular complexity index is 332. The summed E-state index contributed by atoms with van der Waals surface area (Å²) in [5.41, 5.74) is 0. The van der Waals surface area contributed by atoms with Gasteiger partial charge >= 0.3 is 8.56 Å². The van der Waals surface area contributed by atoms with Gasteiger partial charge in [0.25, 0.3) is 0 Å². The number of rotatable bonds is 8. The van der Waals surface area contributed by atoms with Gasteiger partial charge in [-0.2, -0.15) is 0 Å². The second-order valence-electron chi connectivity index (χ2n) is 4.31. The van der Waals surface area contributed by atoms with Crippen molar-refractivity contribution in [3.05, 3.63) is 28.7 Å². The maximum Gasteiger partial charge on any atom is 0.372 e. The van der Waals surface area contributed by atoms with Crippen LogP contribution >= 0.6 is 15.9 Å². The minimum atomic E-state index is -2.23. The molecule has 0 radical (unpaired) electrons. The summed E-state index contributed by atoms with van der Waals surface area (Å²) in [5.74, 6) is 0. The van der Waals surface area contributed by atoms with Crippen molar-refractivity contribution in [3.63, 3.8) is 0 Å². The van der Waals surface area contributed by atoms with Crippen LogP contribution in [0.3, 0.4) is 0 Å². The van der Waals surface area contributed by atoms with Crippen LogP contribution in [0.4, 0.5) is 0 Å². The SMILES string of the molecule is CCCO[Si](CC)(OCCC)c1ccc(Br)cc1. The lowest BCUT2D eigenvalue weighted by Gasteiger charge is -2.30. The van der Waals surface area contributed by atoms with E-state index in [1.807, 2.05) is 0 Å². The zero-order chi connectivity index (χ0) is 13.4. The van der Waals surface area contributed by atoms with E-state index < -0.39 is 8.56 Å². The van der Waals surface area contributed by atoms with Gasteiger partial charge in [-0.1, -0.05) is 48.8 Å². The van der Waals surface area contributed by atoms with E-state index in [0.29, 0.717) is 0 Å². The molecule has 1 aromatic rings. The number of hydrogen-bond acceptors (Lipinski definition) is 2. The molecule has 0 heterocycles. The lowest BCUT2D eigenvalue weighted by atomic mass is 10.4. The molecule has 0 N–H and O–H groups in total. The molecule has 102 valence electrons. The van der Waals surface area contributed by atoms with E-state index >= 15 is 0 Å². The standard InChI is InChI=1S/C14H23BrO2Si/c1-4-11-16-18(6-3,17-12-5-2)14-9-7-13(15)8-10-14/h7-10H,4-6,11-12H2,1-3H3. The first-order valence-corrected chi connectivity index (χ1v) is 9.54. The summed E-state index contributed by atoms with van der Waals surface area (Å²) in [5, 5.41) is 1.23. The van der Waals surface area contributed by atoms with Gasteiger partial charge in [0.2, 0.25) is 0 Å². The highest BCUT2D eigenvalue weighted by Gasteiger charge is 2.37. The minimum Gasteiger partial charge on any atom is -0.391 e. The van der Waals surface area contributed by atoms with E-state index in [4.69, 9.17) is 8.85 Å². The summed E-state index contributed by atoms with van der Waals surface area (Å²) in [6.45, 7) is 7.99. The maximum atomic E-state index is 6.16. The van der Waals surface area contributed by atoms with Crippen LogP contribution in [-0.4, -0.2) is 21.8 Å². The molecule has 0 fully saturated rings. The normalized spacial score (nSPS) is 11.8. The molecule has 0 bridgehead atoms. The minimum absolute atomic E-state index is 0.778. The molecule has 0 saturated heterocycles. The topological polar surface area (TPSA) is 18.5 Å². The van der Waals surface area contributed by atoms with Gasteiger partial charge < -0.3 is 8.85 Å². The zero-order valence-electron chi connectivity index (χ0n) is 11.5. The van der Waals surface area contributed by atoms with Crippen LogP contribution < -0.4 is 5.19 Å². The van der Waals surface area contributed by atoms with Crippen molar-refractivity contribution < 1.29 is 8.85 Å². The Morgan fingerprint density at radius 2 is 1.44 bits per heavy atom. The molecule has 0 aliphatic rings. The van der Waals surface area contributed by atoms with E-state index in [9.17, 15) is 0 Å². The number of benzene rings is 1. The quantitative estimate of drug-likeness (QED) is 0.671. The third-order valence-electron chi connectivity index (χ3n) is 2.83. The van der Waals surface area contributed by atoms with E-state index in [-0.39, 0.29) is 0 Å². The van der Waals surface area contributed by atoms with E-state index in [1.54, 1.807) is 0 Å². The fourth-order valence-corrected chi connectivity index (χ4v) is 5.09. The van der Waals surface area contributed by atoms with Gasteiger partial charge in [0.05, 0.1) is 0 Å². The van der Waals surface area contributed by atoms with Crippen LogP contribution in [0.15, 0.2) is 28.7 Å². The molecule has 0 saturated carbocycles. The summed E-state index contributed by atoms with van der Waals surface area (Å²) < 4.78 is 13.4. The molecule has 0 amide bonds. The van der Waals surface area contributed by atoms with E-state index in [2.05, 4.69) is 61.0 Å². The van der Waals surface area contributed by atoms with Crippen molar-refractivity contribution >= 4 is 29.7 Å². The first-order valence-electron chi connectivity index (χ1n) is 6.72. The van der Waals surface area contributed by atoms with Crippen LogP contribution in [-0.2, 0) is 8.85 Å². The van der Waals surface area contributed by atoms with Gasteiger partial charge in [0, 0.05) is 17.7 Å². The molecule has 1 rings (SSSR count). The van der Waals surface area contributed by atoms with Crippen molar-refractivity contribution in [1.29, 1.82) is 0 Å². The molecule has 0 aliphatic heterocycles. The summed E-state index contributed by atoms with van der Waals surface area (Å²) in [7, 11) is -2.23. The van der Waals surface area contributed by atoms with Crippen LogP contribution in [0, 0.1) is 0 Å². The van der Waals surface area contributed by atoms with Gasteiger partial charge in [-0.15, -0.1) is 0 Å². The second-order valence-corrected chi connectivity index (χ2v) is 8.59. The summed E-state index contributed by atoms with van der Waals surface area (Å²) in [4.78, 5) is 0. The zero-order valence-corrected chi connectivity index (χ0v) is 14.1. The van der Waals surface area contributed by atoms with Gasteiger partial charge in [0.1, 0.15) is 0 Å². The van der Waals surface area contributed by atoms with Crippen molar-refractivity contribution in [3.8, 4) is 0 Å². The van der Waals surface area contributed by atoms with Gasteiger partial charge in [-0.25, -0.2) is 0 Å². The summed E-state index contributed by atoms with van der Waals surface area (Å²) in [6.07, 6.45) is 2.06. The number of hydrogen-bond donors (Lipinski definition) is 0. The van der Waals surface area contributed by atoms with E-state index in [0.717, 1.165) is 36.6 Å². The first kappa shape index (κ1) is 15.9. The highest BCUT2D eigenvalue weighted by atomic mass is 79.9. The predicted octanol–water partition coefficient (Wildman–Crippen LogP) is 3.97. The Morgan fingerprint density at radius 3 is 1.83 bits per heavy atom. The Balaban J connectivity index is 2.95. The summed E-state index contributed by atoms with van der Waals surface area (Å²) in [6, 6.07) is 9.35. The van der Waals surface area contributed by atoms with E-state index in [1.165, 1.54) is 5.19 Å². The third kappa shape index (κ3) is 4.19. The molecule has 18 heavy (non-hydrogen) atoms. The first-order chi connectivity index (χ1) is 8.68. The third-order valence-corrected chi connectivity index (χ3v) is 6.84. The summed E-state index contributed by atoms with van der Waals surface area (Å²) >= 11 is 3.47. The Kier molecular flexibility index (Phi) is 7.15. The Labute approximate surface area is 120 Å². The maximum absolute atomic E-state index is 6.16. The average Bonchev–Trinajstić information content (AvgIpc) is 2.41. The number of halogens is 1. The largest absolute Gasteiger partial charge is 0.391 e. The van der Waals surface area contributed by atoms with Crippen molar-refractivity contribution in [2.24, 2.45) is 0 Å².